The SMILES string of the molecule is COc1cc(NC(=O)c2ccnc(C(F)(F)F)c2)cc2cccnc12. The molecule has 3 aromatic rings. The molecule has 0 atom stereocenters. The molecule has 8 heteroatoms. The van der Waals surface area contributed by atoms with E-state index in [1.54, 1.807) is 30.5 Å². The number of alkyl halides is 3. The van der Waals surface area contributed by atoms with Crippen LogP contribution in [0.15, 0.2) is 48.8 Å². The molecule has 0 radical (unpaired) electrons. The number of hydrogen-bond donors (Lipinski definition) is 1. The second-order valence-electron chi connectivity index (χ2n) is 5.14. The van der Waals surface area contributed by atoms with Crippen molar-refractivity contribution in [2.24, 2.45) is 0 Å². The van der Waals surface area contributed by atoms with Crippen molar-refractivity contribution in [3.05, 3.63) is 60.0 Å². The Morgan fingerprint density at radius 2 is 1.92 bits per heavy atom. The maximum atomic E-state index is 12.7. The molecule has 1 amide bonds. The number of methoxy groups -OCH3 is 1. The Kier molecular flexibility index (Phi) is 4.26. The third kappa shape index (κ3) is 3.52. The number of aromatic nitrogens is 2. The summed E-state index contributed by atoms with van der Waals surface area (Å²) in [6.45, 7) is 0. The monoisotopic (exact) mass is 347 g/mol. The normalized spacial score (nSPS) is 11.4. The summed E-state index contributed by atoms with van der Waals surface area (Å²) in [4.78, 5) is 19.7. The van der Waals surface area contributed by atoms with Gasteiger partial charge in [-0.15, -0.1) is 0 Å². The van der Waals surface area contributed by atoms with E-state index in [0.717, 1.165) is 11.6 Å². The Hall–Kier alpha value is -3.16. The van der Waals surface area contributed by atoms with Gasteiger partial charge in [0.15, 0.2) is 0 Å². The fraction of sp³-hybridized carbons (Fsp3) is 0.118. The van der Waals surface area contributed by atoms with E-state index in [4.69, 9.17) is 4.74 Å². The lowest BCUT2D eigenvalue weighted by atomic mass is 10.1. The van der Waals surface area contributed by atoms with Gasteiger partial charge in [0, 0.05) is 35.1 Å². The zero-order valence-corrected chi connectivity index (χ0v) is 13.0. The number of fused-ring (bicyclic) bond motifs is 1. The Morgan fingerprint density at radius 1 is 1.12 bits per heavy atom. The predicted molar refractivity (Wildman–Crippen MR) is 85.5 cm³/mol. The summed E-state index contributed by atoms with van der Waals surface area (Å²) < 4.78 is 43.4. The first-order valence-corrected chi connectivity index (χ1v) is 7.16. The molecule has 0 unspecified atom stereocenters. The third-order valence-corrected chi connectivity index (χ3v) is 3.46. The number of benzene rings is 1. The molecule has 2 aromatic heterocycles. The highest BCUT2D eigenvalue weighted by atomic mass is 19.4. The van der Waals surface area contributed by atoms with Gasteiger partial charge in [-0.05, 0) is 24.3 Å². The number of pyridine rings is 2. The first kappa shape index (κ1) is 16.7. The highest BCUT2D eigenvalue weighted by Crippen LogP contribution is 2.29. The van der Waals surface area contributed by atoms with Gasteiger partial charge in [-0.1, -0.05) is 6.07 Å². The predicted octanol–water partition coefficient (Wildman–Crippen LogP) is 3.91. The molecular weight excluding hydrogens is 335 g/mol. The first-order valence-electron chi connectivity index (χ1n) is 7.16. The summed E-state index contributed by atoms with van der Waals surface area (Å²) in [6.07, 6.45) is -2.06. The quantitative estimate of drug-likeness (QED) is 0.780. The maximum absolute atomic E-state index is 12.7. The average molecular weight is 347 g/mol. The lowest BCUT2D eigenvalue weighted by Gasteiger charge is -2.11. The third-order valence-electron chi connectivity index (χ3n) is 3.46. The lowest BCUT2D eigenvalue weighted by Crippen LogP contribution is -2.15. The van der Waals surface area contributed by atoms with Crippen molar-refractivity contribution in [3.63, 3.8) is 0 Å². The number of halogens is 3. The van der Waals surface area contributed by atoms with E-state index in [1.165, 1.54) is 13.2 Å². The van der Waals surface area contributed by atoms with Crippen molar-refractivity contribution in [1.82, 2.24) is 9.97 Å². The molecule has 0 fully saturated rings. The minimum absolute atomic E-state index is 0.146. The van der Waals surface area contributed by atoms with Gasteiger partial charge in [0.25, 0.3) is 5.91 Å². The van der Waals surface area contributed by atoms with Crippen LogP contribution in [-0.4, -0.2) is 23.0 Å². The van der Waals surface area contributed by atoms with Gasteiger partial charge >= 0.3 is 6.18 Å². The van der Waals surface area contributed by atoms with Gasteiger partial charge in [0.2, 0.25) is 0 Å². The first-order chi connectivity index (χ1) is 11.9. The minimum Gasteiger partial charge on any atom is -0.494 e. The Balaban J connectivity index is 1.92. The summed E-state index contributed by atoms with van der Waals surface area (Å²) >= 11 is 0. The van der Waals surface area contributed by atoms with E-state index >= 15 is 0 Å². The van der Waals surface area contributed by atoms with Crippen LogP contribution in [0, 0.1) is 0 Å². The Bertz CT molecular complexity index is 942. The van der Waals surface area contributed by atoms with Gasteiger partial charge < -0.3 is 10.1 Å². The zero-order valence-electron chi connectivity index (χ0n) is 13.0. The van der Waals surface area contributed by atoms with Crippen LogP contribution >= 0.6 is 0 Å². The van der Waals surface area contributed by atoms with Crippen LogP contribution in [-0.2, 0) is 6.18 Å². The van der Waals surface area contributed by atoms with E-state index in [9.17, 15) is 18.0 Å². The van der Waals surface area contributed by atoms with Crippen LogP contribution in [0.25, 0.3) is 10.9 Å². The average Bonchev–Trinajstić information content (AvgIpc) is 2.60. The second kappa shape index (κ2) is 6.39. The van der Waals surface area contributed by atoms with Crippen molar-refractivity contribution >= 4 is 22.5 Å². The summed E-state index contributed by atoms with van der Waals surface area (Å²) in [6, 6.07) is 8.65. The molecule has 5 nitrogen and oxygen atoms in total. The standard InChI is InChI=1S/C17H12F3N3O2/c1-25-13-9-12(7-10-3-2-5-22-15(10)13)23-16(24)11-4-6-21-14(8-11)17(18,19)20/h2-9H,1H3,(H,23,24). The fourth-order valence-electron chi connectivity index (χ4n) is 2.32. The number of hydrogen-bond acceptors (Lipinski definition) is 4. The molecule has 0 saturated carbocycles. The van der Waals surface area contributed by atoms with Crippen molar-refractivity contribution in [2.75, 3.05) is 12.4 Å². The topological polar surface area (TPSA) is 64.1 Å². The summed E-state index contributed by atoms with van der Waals surface area (Å²) in [5.41, 5.74) is -0.271. The Morgan fingerprint density at radius 3 is 2.64 bits per heavy atom. The van der Waals surface area contributed by atoms with E-state index < -0.39 is 17.8 Å². The minimum atomic E-state index is -4.62. The number of carbonyl (C=O) groups is 1. The number of nitrogens with zero attached hydrogens (tertiary/aromatic N) is 2. The molecule has 3 rings (SSSR count). The molecule has 0 saturated heterocycles. The van der Waals surface area contributed by atoms with Gasteiger partial charge in [-0.2, -0.15) is 13.2 Å². The maximum Gasteiger partial charge on any atom is 0.433 e. The van der Waals surface area contributed by atoms with Gasteiger partial charge in [-0.3, -0.25) is 14.8 Å². The number of rotatable bonds is 3. The van der Waals surface area contributed by atoms with Crippen molar-refractivity contribution < 1.29 is 22.7 Å². The summed E-state index contributed by atoms with van der Waals surface area (Å²) in [5.74, 6) is -0.239. The molecule has 1 aromatic carbocycles. The summed E-state index contributed by atoms with van der Waals surface area (Å²) in [5, 5.41) is 3.29. The van der Waals surface area contributed by atoms with Crippen LogP contribution in [0.5, 0.6) is 5.75 Å². The van der Waals surface area contributed by atoms with Crippen LogP contribution in [0.2, 0.25) is 0 Å². The summed E-state index contributed by atoms with van der Waals surface area (Å²) in [7, 11) is 1.47. The smallest absolute Gasteiger partial charge is 0.433 e. The lowest BCUT2D eigenvalue weighted by molar-refractivity contribution is -0.141. The molecule has 0 aliphatic carbocycles. The molecule has 0 aliphatic heterocycles. The van der Waals surface area contributed by atoms with Crippen LogP contribution in [0.3, 0.4) is 0 Å². The fourth-order valence-corrected chi connectivity index (χ4v) is 2.32. The van der Waals surface area contributed by atoms with Crippen molar-refractivity contribution in [2.45, 2.75) is 6.18 Å². The molecule has 0 bridgehead atoms. The van der Waals surface area contributed by atoms with Gasteiger partial charge in [-0.25, -0.2) is 0 Å². The number of ether oxygens (including phenoxy) is 1. The highest BCUT2D eigenvalue weighted by Gasteiger charge is 2.32. The van der Waals surface area contributed by atoms with E-state index in [1.807, 2.05) is 0 Å². The second-order valence-corrected chi connectivity index (χ2v) is 5.14. The van der Waals surface area contributed by atoms with Crippen LogP contribution < -0.4 is 10.1 Å². The molecule has 0 aliphatic rings. The number of carbonyl (C=O) groups excluding carboxylic acids is 1. The Labute approximate surface area is 140 Å². The van der Waals surface area contributed by atoms with Crippen LogP contribution in [0.4, 0.5) is 18.9 Å². The zero-order chi connectivity index (χ0) is 18.0. The van der Waals surface area contributed by atoms with Gasteiger partial charge in [0.1, 0.15) is 17.0 Å². The molecule has 25 heavy (non-hydrogen) atoms. The number of anilines is 1. The van der Waals surface area contributed by atoms with Crippen molar-refractivity contribution in [3.8, 4) is 5.75 Å². The van der Waals surface area contributed by atoms with Crippen LogP contribution in [0.1, 0.15) is 16.1 Å². The number of amides is 1. The van der Waals surface area contributed by atoms with E-state index in [2.05, 4.69) is 15.3 Å². The number of nitrogens with one attached hydrogen (secondary N) is 1. The molecule has 1 N–H and O–H groups in total. The molecule has 128 valence electrons. The van der Waals surface area contributed by atoms with Crippen molar-refractivity contribution in [1.29, 1.82) is 0 Å². The highest BCUT2D eigenvalue weighted by molar-refractivity contribution is 6.05. The molecular formula is C17H12F3N3O2. The van der Waals surface area contributed by atoms with Gasteiger partial charge in [0.05, 0.1) is 7.11 Å². The molecule has 2 heterocycles. The molecule has 0 spiro atoms. The van der Waals surface area contributed by atoms with E-state index in [0.29, 0.717) is 23.0 Å². The largest absolute Gasteiger partial charge is 0.494 e. The van der Waals surface area contributed by atoms with E-state index in [-0.39, 0.29) is 5.56 Å².